The maximum atomic E-state index is 11.8. The minimum atomic E-state index is 0.0370. The Labute approximate surface area is 139 Å². The second kappa shape index (κ2) is 10.0. The van der Waals surface area contributed by atoms with Gasteiger partial charge in [-0.05, 0) is 52.2 Å². The SMILES string of the molecule is CCN(CC)C(=O)COc1ccc(C)cc1C.O=C1CCCC1. The summed E-state index contributed by atoms with van der Waals surface area (Å²) in [7, 11) is 0. The number of likely N-dealkylation sites (N-methyl/N-ethyl adjacent to an activating group) is 1. The third-order valence-electron chi connectivity index (χ3n) is 3.96. The summed E-state index contributed by atoms with van der Waals surface area (Å²) in [5.41, 5.74) is 2.27. The molecule has 2 rings (SSSR count). The highest BCUT2D eigenvalue weighted by Gasteiger charge is 2.10. The van der Waals surface area contributed by atoms with Crippen molar-refractivity contribution in [2.45, 2.75) is 53.4 Å². The molecule has 4 heteroatoms. The van der Waals surface area contributed by atoms with E-state index in [0.717, 1.165) is 50.1 Å². The van der Waals surface area contributed by atoms with Gasteiger partial charge < -0.3 is 9.64 Å². The molecule has 0 spiro atoms. The summed E-state index contributed by atoms with van der Waals surface area (Å²) in [5, 5.41) is 0. The van der Waals surface area contributed by atoms with Crippen molar-refractivity contribution in [3.8, 4) is 5.75 Å². The van der Waals surface area contributed by atoms with Crippen molar-refractivity contribution in [3.05, 3.63) is 29.3 Å². The summed E-state index contributed by atoms with van der Waals surface area (Å²) in [6.07, 6.45) is 3.97. The van der Waals surface area contributed by atoms with E-state index in [0.29, 0.717) is 5.78 Å². The largest absolute Gasteiger partial charge is 0.484 e. The molecule has 0 aliphatic heterocycles. The quantitative estimate of drug-likeness (QED) is 0.831. The highest BCUT2D eigenvalue weighted by atomic mass is 16.5. The van der Waals surface area contributed by atoms with E-state index in [1.54, 1.807) is 4.90 Å². The number of hydrogen-bond donors (Lipinski definition) is 0. The van der Waals surface area contributed by atoms with Crippen molar-refractivity contribution >= 4 is 11.7 Å². The highest BCUT2D eigenvalue weighted by Crippen LogP contribution is 2.18. The Morgan fingerprint density at radius 3 is 2.17 bits per heavy atom. The van der Waals surface area contributed by atoms with Gasteiger partial charge in [0.15, 0.2) is 6.61 Å². The third-order valence-corrected chi connectivity index (χ3v) is 3.96. The first kappa shape index (κ1) is 19.2. The van der Waals surface area contributed by atoms with Crippen LogP contribution in [0.3, 0.4) is 0 Å². The number of amides is 1. The van der Waals surface area contributed by atoms with Gasteiger partial charge in [0.2, 0.25) is 0 Å². The van der Waals surface area contributed by atoms with Gasteiger partial charge in [-0.15, -0.1) is 0 Å². The molecule has 23 heavy (non-hydrogen) atoms. The normalized spacial score (nSPS) is 13.3. The molecule has 1 fully saturated rings. The first-order valence-corrected chi connectivity index (χ1v) is 8.47. The number of nitrogens with zero attached hydrogens (tertiary/aromatic N) is 1. The molecule has 1 aliphatic rings. The molecule has 128 valence electrons. The van der Waals surface area contributed by atoms with E-state index in [1.165, 1.54) is 5.56 Å². The topological polar surface area (TPSA) is 46.6 Å². The van der Waals surface area contributed by atoms with Crippen LogP contribution >= 0.6 is 0 Å². The average molecular weight is 319 g/mol. The fourth-order valence-electron chi connectivity index (χ4n) is 2.54. The average Bonchev–Trinajstić information content (AvgIpc) is 2.99. The van der Waals surface area contributed by atoms with E-state index in [1.807, 2.05) is 39.8 Å². The Morgan fingerprint density at radius 1 is 1.13 bits per heavy atom. The molecule has 1 aromatic carbocycles. The molecular weight excluding hydrogens is 290 g/mol. The maximum Gasteiger partial charge on any atom is 0.260 e. The molecule has 1 saturated carbocycles. The molecular formula is C19H29NO3. The van der Waals surface area contributed by atoms with Crippen molar-refractivity contribution in [2.24, 2.45) is 0 Å². The standard InChI is InChI=1S/C14H21NO2.C5H8O/c1-5-15(6-2)14(16)10-17-13-8-7-11(3)9-12(13)4;6-5-3-1-2-4-5/h7-9H,5-6,10H2,1-4H3;1-4H2. The van der Waals surface area contributed by atoms with Crippen molar-refractivity contribution in [1.29, 1.82) is 0 Å². The number of rotatable bonds is 5. The van der Waals surface area contributed by atoms with Crippen molar-refractivity contribution in [3.63, 3.8) is 0 Å². The number of ketones is 1. The van der Waals surface area contributed by atoms with Crippen LogP contribution < -0.4 is 4.74 Å². The van der Waals surface area contributed by atoms with Crippen LogP contribution in [0.15, 0.2) is 18.2 Å². The van der Waals surface area contributed by atoms with E-state index < -0.39 is 0 Å². The molecule has 0 bridgehead atoms. The smallest absolute Gasteiger partial charge is 0.260 e. The molecule has 0 heterocycles. The van der Waals surface area contributed by atoms with E-state index in [9.17, 15) is 9.59 Å². The minimum Gasteiger partial charge on any atom is -0.484 e. The van der Waals surface area contributed by atoms with Crippen LogP contribution in [-0.2, 0) is 9.59 Å². The molecule has 0 atom stereocenters. The van der Waals surface area contributed by atoms with E-state index in [-0.39, 0.29) is 12.5 Å². The van der Waals surface area contributed by atoms with Crippen molar-refractivity contribution < 1.29 is 14.3 Å². The van der Waals surface area contributed by atoms with Gasteiger partial charge >= 0.3 is 0 Å². The molecule has 1 aromatic rings. The Morgan fingerprint density at radius 2 is 1.74 bits per heavy atom. The Balaban J connectivity index is 0.000000366. The van der Waals surface area contributed by atoms with Crippen LogP contribution in [0.5, 0.6) is 5.75 Å². The molecule has 0 N–H and O–H groups in total. The van der Waals surface area contributed by atoms with Crippen LogP contribution in [-0.4, -0.2) is 36.3 Å². The molecule has 0 aromatic heterocycles. The third kappa shape index (κ3) is 6.85. The zero-order valence-corrected chi connectivity index (χ0v) is 14.9. The lowest BCUT2D eigenvalue weighted by Crippen LogP contribution is -2.34. The number of carbonyl (C=O) groups is 2. The summed E-state index contributed by atoms with van der Waals surface area (Å²) in [5.74, 6) is 1.28. The van der Waals surface area contributed by atoms with Crippen molar-refractivity contribution in [1.82, 2.24) is 4.90 Å². The van der Waals surface area contributed by atoms with E-state index in [2.05, 4.69) is 6.07 Å². The number of ether oxygens (including phenoxy) is 1. The maximum absolute atomic E-state index is 11.8. The Hall–Kier alpha value is -1.84. The first-order chi connectivity index (χ1) is 11.0. The summed E-state index contributed by atoms with van der Waals surface area (Å²) < 4.78 is 5.55. The second-order valence-corrected chi connectivity index (χ2v) is 5.87. The predicted octanol–water partition coefficient (Wildman–Crippen LogP) is 3.68. The molecule has 0 unspecified atom stereocenters. The van der Waals surface area contributed by atoms with Crippen LogP contribution in [0.4, 0.5) is 0 Å². The number of carbonyl (C=O) groups excluding carboxylic acids is 2. The Kier molecular flexibility index (Phi) is 8.38. The minimum absolute atomic E-state index is 0.0370. The van der Waals surface area contributed by atoms with Gasteiger partial charge in [0.05, 0.1) is 0 Å². The lowest BCUT2D eigenvalue weighted by Gasteiger charge is -2.19. The molecule has 0 saturated heterocycles. The van der Waals surface area contributed by atoms with Crippen LogP contribution in [0, 0.1) is 13.8 Å². The van der Waals surface area contributed by atoms with Gasteiger partial charge in [-0.2, -0.15) is 0 Å². The lowest BCUT2D eigenvalue weighted by molar-refractivity contribution is -0.133. The van der Waals surface area contributed by atoms with Gasteiger partial charge in [-0.3, -0.25) is 9.59 Å². The number of aryl methyl sites for hydroxylation is 2. The second-order valence-electron chi connectivity index (χ2n) is 5.87. The summed E-state index contributed by atoms with van der Waals surface area (Å²) >= 11 is 0. The fraction of sp³-hybridized carbons (Fsp3) is 0.579. The van der Waals surface area contributed by atoms with Crippen LogP contribution in [0.25, 0.3) is 0 Å². The summed E-state index contributed by atoms with van der Waals surface area (Å²) in [6.45, 7) is 9.54. The van der Waals surface area contributed by atoms with Gasteiger partial charge in [0, 0.05) is 25.9 Å². The monoisotopic (exact) mass is 319 g/mol. The zero-order valence-electron chi connectivity index (χ0n) is 14.9. The van der Waals surface area contributed by atoms with E-state index in [4.69, 9.17) is 4.74 Å². The predicted molar refractivity (Wildman–Crippen MR) is 92.8 cm³/mol. The molecule has 4 nitrogen and oxygen atoms in total. The van der Waals surface area contributed by atoms with Gasteiger partial charge in [0.1, 0.15) is 11.5 Å². The number of hydrogen-bond acceptors (Lipinski definition) is 3. The molecule has 1 aliphatic carbocycles. The summed E-state index contributed by atoms with van der Waals surface area (Å²) in [6, 6.07) is 5.96. The van der Waals surface area contributed by atoms with E-state index >= 15 is 0 Å². The molecule has 0 radical (unpaired) electrons. The molecule has 1 amide bonds. The van der Waals surface area contributed by atoms with Gasteiger partial charge in [-0.25, -0.2) is 0 Å². The van der Waals surface area contributed by atoms with Gasteiger partial charge in [-0.1, -0.05) is 17.7 Å². The van der Waals surface area contributed by atoms with Crippen LogP contribution in [0.2, 0.25) is 0 Å². The van der Waals surface area contributed by atoms with Gasteiger partial charge in [0.25, 0.3) is 5.91 Å². The first-order valence-electron chi connectivity index (χ1n) is 8.47. The number of Topliss-reactive ketones (excluding diaryl/α,β-unsaturated/α-hetero) is 1. The number of benzene rings is 1. The summed E-state index contributed by atoms with van der Waals surface area (Å²) in [4.78, 5) is 23.8. The highest BCUT2D eigenvalue weighted by molar-refractivity contribution is 5.80. The lowest BCUT2D eigenvalue weighted by atomic mass is 10.1. The van der Waals surface area contributed by atoms with Crippen molar-refractivity contribution in [2.75, 3.05) is 19.7 Å². The van der Waals surface area contributed by atoms with Crippen LogP contribution in [0.1, 0.15) is 50.7 Å². The zero-order chi connectivity index (χ0) is 17.2. The Bertz CT molecular complexity index is 513. The fourth-order valence-corrected chi connectivity index (χ4v) is 2.54.